The lowest BCUT2D eigenvalue weighted by Gasteiger charge is -2.21. The number of hydrogen-bond donors (Lipinski definition) is 0. The molecule has 0 saturated carbocycles. The van der Waals surface area contributed by atoms with Crippen molar-refractivity contribution in [1.29, 1.82) is 0 Å². The van der Waals surface area contributed by atoms with E-state index in [4.69, 9.17) is 4.42 Å². The second-order valence-electron chi connectivity index (χ2n) is 14.8. The minimum absolute atomic E-state index is 0.103. The number of rotatable bonds is 3. The van der Waals surface area contributed by atoms with E-state index in [1.807, 2.05) is 0 Å². The van der Waals surface area contributed by atoms with Crippen LogP contribution in [0.15, 0.2) is 174 Å². The van der Waals surface area contributed by atoms with E-state index in [2.05, 4.69) is 184 Å². The number of fused-ring (bicyclic) bond motifs is 10. The third-order valence-corrected chi connectivity index (χ3v) is 11.7. The lowest BCUT2D eigenvalue weighted by Crippen LogP contribution is -2.14. The quantitative estimate of drug-likeness (QED) is 0.172. The Morgan fingerprint density at radius 1 is 0.346 bits per heavy atom. The lowest BCUT2D eigenvalue weighted by atomic mass is 9.81. The molecule has 0 unspecified atom stereocenters. The highest BCUT2D eigenvalue weighted by atomic mass is 16.3. The van der Waals surface area contributed by atoms with Gasteiger partial charge in [0.2, 0.25) is 0 Å². The van der Waals surface area contributed by atoms with Crippen LogP contribution in [-0.2, 0) is 5.41 Å². The summed E-state index contributed by atoms with van der Waals surface area (Å²) < 4.78 is 6.80. The molecular weight excluding hydrogens is 629 g/mol. The maximum Gasteiger partial charge on any atom is 0.136 e. The Bertz CT molecular complexity index is 3010. The van der Waals surface area contributed by atoms with Gasteiger partial charge in [0, 0.05) is 16.2 Å². The van der Waals surface area contributed by atoms with Crippen LogP contribution in [0.4, 0.5) is 0 Å². The Morgan fingerprint density at radius 2 is 0.885 bits per heavy atom. The van der Waals surface area contributed by atoms with Crippen molar-refractivity contribution in [2.45, 2.75) is 19.3 Å². The largest absolute Gasteiger partial charge is 0.456 e. The molecular formula is C51H34O. The van der Waals surface area contributed by atoms with Gasteiger partial charge in [-0.25, -0.2) is 0 Å². The highest BCUT2D eigenvalue weighted by Crippen LogP contribution is 2.53. The third kappa shape index (κ3) is 4.11. The molecule has 1 heterocycles. The Morgan fingerprint density at radius 3 is 1.58 bits per heavy atom. The molecule has 0 radical (unpaired) electrons. The van der Waals surface area contributed by atoms with Gasteiger partial charge in [-0.1, -0.05) is 159 Å². The second-order valence-corrected chi connectivity index (χ2v) is 14.8. The average molecular weight is 663 g/mol. The van der Waals surface area contributed by atoms with E-state index in [-0.39, 0.29) is 5.41 Å². The Labute approximate surface area is 302 Å². The molecule has 1 aromatic heterocycles. The molecule has 11 rings (SSSR count). The summed E-state index contributed by atoms with van der Waals surface area (Å²) in [6, 6.07) is 62.2. The molecule has 0 saturated heterocycles. The summed E-state index contributed by atoms with van der Waals surface area (Å²) in [6.07, 6.45) is 0. The van der Waals surface area contributed by atoms with E-state index < -0.39 is 0 Å². The monoisotopic (exact) mass is 662 g/mol. The van der Waals surface area contributed by atoms with Gasteiger partial charge in [0.05, 0.1) is 0 Å². The Balaban J connectivity index is 1.10. The topological polar surface area (TPSA) is 13.1 Å². The molecule has 0 fully saturated rings. The molecule has 0 N–H and O–H groups in total. The van der Waals surface area contributed by atoms with Gasteiger partial charge in [0.15, 0.2) is 0 Å². The highest BCUT2D eigenvalue weighted by molar-refractivity contribution is 6.22. The van der Waals surface area contributed by atoms with Gasteiger partial charge in [-0.05, 0) is 112 Å². The molecule has 1 aliphatic rings. The fourth-order valence-corrected chi connectivity index (χ4v) is 9.14. The average Bonchev–Trinajstić information content (AvgIpc) is 3.66. The SMILES string of the molecule is CC1(C)c2cc3c(cc2-c2c1ccc1ccccc21)oc1cc(-c2c4ccccc4c(-c4ccc(-c5ccccc5)cc4)c4ccccc24)ccc13. The van der Waals surface area contributed by atoms with Crippen molar-refractivity contribution in [3.8, 4) is 44.5 Å². The Hall–Kier alpha value is -6.44. The minimum atomic E-state index is -0.103. The number of benzene rings is 9. The van der Waals surface area contributed by atoms with Gasteiger partial charge in [-0.3, -0.25) is 0 Å². The summed E-state index contributed by atoms with van der Waals surface area (Å²) in [6.45, 7) is 4.71. The molecule has 52 heavy (non-hydrogen) atoms. The van der Waals surface area contributed by atoms with Gasteiger partial charge in [-0.15, -0.1) is 0 Å². The van der Waals surface area contributed by atoms with E-state index >= 15 is 0 Å². The van der Waals surface area contributed by atoms with Crippen LogP contribution in [0.1, 0.15) is 25.0 Å². The standard InChI is InChI=1S/C51H34O/c1-51(2)44-27-25-33-14-6-7-15-36(33)50(44)43-30-47-42(29-45(43)51)37-26-24-35(28-46(37)52-47)49-40-18-10-8-16-38(40)48(39-17-9-11-19-41(39)49)34-22-20-32(21-23-34)31-12-4-3-5-13-31/h3-30H,1-2H3. The van der Waals surface area contributed by atoms with Crippen molar-refractivity contribution >= 4 is 54.3 Å². The zero-order valence-electron chi connectivity index (χ0n) is 29.1. The van der Waals surface area contributed by atoms with Crippen LogP contribution in [-0.4, -0.2) is 0 Å². The van der Waals surface area contributed by atoms with E-state index in [9.17, 15) is 0 Å². The lowest BCUT2D eigenvalue weighted by molar-refractivity contribution is 0.658. The third-order valence-electron chi connectivity index (χ3n) is 11.7. The van der Waals surface area contributed by atoms with Gasteiger partial charge in [0.1, 0.15) is 11.2 Å². The van der Waals surface area contributed by atoms with Crippen LogP contribution in [0.5, 0.6) is 0 Å². The van der Waals surface area contributed by atoms with Crippen LogP contribution < -0.4 is 0 Å². The zero-order valence-corrected chi connectivity index (χ0v) is 29.1. The highest BCUT2D eigenvalue weighted by Gasteiger charge is 2.37. The summed E-state index contributed by atoms with van der Waals surface area (Å²) in [7, 11) is 0. The first-order chi connectivity index (χ1) is 25.5. The van der Waals surface area contributed by atoms with Crippen LogP contribution in [0.3, 0.4) is 0 Å². The van der Waals surface area contributed by atoms with E-state index in [1.54, 1.807) is 0 Å². The maximum atomic E-state index is 6.80. The van der Waals surface area contributed by atoms with Gasteiger partial charge in [0.25, 0.3) is 0 Å². The molecule has 1 heteroatoms. The van der Waals surface area contributed by atoms with Crippen molar-refractivity contribution in [2.24, 2.45) is 0 Å². The number of hydrogen-bond acceptors (Lipinski definition) is 1. The summed E-state index contributed by atoms with van der Waals surface area (Å²) >= 11 is 0. The van der Waals surface area contributed by atoms with E-state index in [1.165, 1.54) is 87.8 Å². The summed E-state index contributed by atoms with van der Waals surface area (Å²) in [5, 5.41) is 9.88. The van der Waals surface area contributed by atoms with Gasteiger partial charge < -0.3 is 4.42 Å². The first kappa shape index (κ1) is 29.3. The van der Waals surface area contributed by atoms with Crippen LogP contribution in [0.2, 0.25) is 0 Å². The van der Waals surface area contributed by atoms with Gasteiger partial charge >= 0.3 is 0 Å². The zero-order chi connectivity index (χ0) is 34.6. The van der Waals surface area contributed by atoms with E-state index in [0.717, 1.165) is 22.1 Å². The first-order valence-corrected chi connectivity index (χ1v) is 18.2. The summed E-state index contributed by atoms with van der Waals surface area (Å²) in [5.41, 5.74) is 14.5. The fraction of sp³-hybridized carbons (Fsp3) is 0.0588. The van der Waals surface area contributed by atoms with Crippen molar-refractivity contribution < 1.29 is 4.42 Å². The van der Waals surface area contributed by atoms with Crippen LogP contribution >= 0.6 is 0 Å². The summed E-state index contributed by atoms with van der Waals surface area (Å²) in [5.74, 6) is 0. The molecule has 0 bridgehead atoms. The van der Waals surface area contributed by atoms with Crippen molar-refractivity contribution in [3.63, 3.8) is 0 Å². The molecule has 0 spiro atoms. The molecule has 0 atom stereocenters. The number of furan rings is 1. The van der Waals surface area contributed by atoms with Crippen molar-refractivity contribution in [1.82, 2.24) is 0 Å². The molecule has 1 aliphatic carbocycles. The minimum Gasteiger partial charge on any atom is -0.456 e. The van der Waals surface area contributed by atoms with Gasteiger partial charge in [-0.2, -0.15) is 0 Å². The fourth-order valence-electron chi connectivity index (χ4n) is 9.14. The van der Waals surface area contributed by atoms with Crippen molar-refractivity contribution in [2.75, 3.05) is 0 Å². The van der Waals surface area contributed by atoms with Crippen LogP contribution in [0, 0.1) is 0 Å². The Kier molecular flexibility index (Phi) is 6.08. The molecule has 0 amide bonds. The van der Waals surface area contributed by atoms with E-state index in [0.29, 0.717) is 0 Å². The molecule has 1 nitrogen and oxygen atoms in total. The molecule has 10 aromatic rings. The van der Waals surface area contributed by atoms with Crippen molar-refractivity contribution in [3.05, 3.63) is 181 Å². The molecule has 0 aliphatic heterocycles. The molecule has 244 valence electrons. The smallest absolute Gasteiger partial charge is 0.136 e. The second kappa shape index (κ2) is 10.8. The van der Waals surface area contributed by atoms with Crippen LogP contribution in [0.25, 0.3) is 98.8 Å². The molecule has 9 aromatic carbocycles. The predicted molar refractivity (Wildman–Crippen MR) is 220 cm³/mol. The predicted octanol–water partition coefficient (Wildman–Crippen LogP) is 14.4. The maximum absolute atomic E-state index is 6.80. The summed E-state index contributed by atoms with van der Waals surface area (Å²) in [4.78, 5) is 0. The first-order valence-electron chi connectivity index (χ1n) is 18.2. The normalized spacial score (nSPS) is 13.3.